The first-order valence-electron chi connectivity index (χ1n) is 7.79. The minimum Gasteiger partial charge on any atom is -0.300 e. The summed E-state index contributed by atoms with van der Waals surface area (Å²) in [5, 5.41) is 8.76. The van der Waals surface area contributed by atoms with Gasteiger partial charge in [-0.25, -0.2) is 0 Å². The number of rotatable bonds is 3. The molecule has 2 saturated carbocycles. The molecule has 2 nitrogen and oxygen atoms in total. The topological polar surface area (TPSA) is 27.0 Å². The summed E-state index contributed by atoms with van der Waals surface area (Å²) >= 11 is 0. The zero-order valence-corrected chi connectivity index (χ0v) is 12.1. The van der Waals surface area contributed by atoms with Crippen molar-refractivity contribution in [2.45, 2.75) is 76.8 Å². The Hall–Kier alpha value is -0.550. The fourth-order valence-corrected chi connectivity index (χ4v) is 3.83. The second-order valence-electron chi connectivity index (χ2n) is 6.62. The highest BCUT2D eigenvalue weighted by Gasteiger charge is 2.29. The van der Waals surface area contributed by atoms with Gasteiger partial charge in [0.25, 0.3) is 0 Å². The lowest BCUT2D eigenvalue weighted by atomic mass is 9.81. The summed E-state index contributed by atoms with van der Waals surface area (Å²) in [5.41, 5.74) is 0. The molecule has 18 heavy (non-hydrogen) atoms. The fourth-order valence-electron chi connectivity index (χ4n) is 3.83. The molecule has 0 amide bonds. The number of nitrogens with zero attached hydrogens (tertiary/aromatic N) is 2. The van der Waals surface area contributed by atoms with Crippen LogP contribution in [-0.2, 0) is 0 Å². The van der Waals surface area contributed by atoms with Gasteiger partial charge in [-0.1, -0.05) is 6.92 Å². The van der Waals surface area contributed by atoms with Gasteiger partial charge in [0.1, 0.15) is 0 Å². The van der Waals surface area contributed by atoms with Gasteiger partial charge in [-0.15, -0.1) is 0 Å². The summed E-state index contributed by atoms with van der Waals surface area (Å²) in [7, 11) is 2.34. The predicted octanol–water partition coefficient (Wildman–Crippen LogP) is 3.97. The molecule has 0 heterocycles. The van der Waals surface area contributed by atoms with E-state index in [1.807, 2.05) is 0 Å². The third-order valence-electron chi connectivity index (χ3n) is 5.33. The summed E-state index contributed by atoms with van der Waals surface area (Å²) < 4.78 is 0. The normalized spacial score (nSPS) is 37.4. The maximum atomic E-state index is 8.76. The van der Waals surface area contributed by atoms with Gasteiger partial charge in [-0.2, -0.15) is 5.26 Å². The van der Waals surface area contributed by atoms with E-state index in [1.165, 1.54) is 51.4 Å². The van der Waals surface area contributed by atoms with Crippen LogP contribution in [0.4, 0.5) is 0 Å². The van der Waals surface area contributed by atoms with E-state index in [-0.39, 0.29) is 0 Å². The van der Waals surface area contributed by atoms with E-state index < -0.39 is 0 Å². The maximum Gasteiger partial charge on any atom is 0.0624 e. The van der Waals surface area contributed by atoms with Crippen LogP contribution in [0, 0.1) is 23.2 Å². The molecule has 0 aromatic heterocycles. The molecule has 0 unspecified atom stereocenters. The number of hydrogen-bond donors (Lipinski definition) is 0. The molecule has 0 aliphatic heterocycles. The van der Waals surface area contributed by atoms with Crippen LogP contribution >= 0.6 is 0 Å². The van der Waals surface area contributed by atoms with Crippen LogP contribution in [0.5, 0.6) is 0 Å². The third kappa shape index (κ3) is 3.48. The molecule has 2 heteroatoms. The quantitative estimate of drug-likeness (QED) is 0.755. The first-order valence-corrected chi connectivity index (χ1v) is 7.79. The molecular formula is C16H28N2. The van der Waals surface area contributed by atoms with Crippen molar-refractivity contribution in [2.24, 2.45) is 11.8 Å². The molecule has 2 fully saturated rings. The highest BCUT2D eigenvalue weighted by atomic mass is 15.2. The van der Waals surface area contributed by atoms with Crippen LogP contribution in [-0.4, -0.2) is 24.0 Å². The molecule has 0 aromatic carbocycles. The van der Waals surface area contributed by atoms with Crippen molar-refractivity contribution < 1.29 is 0 Å². The summed E-state index contributed by atoms with van der Waals surface area (Å²) in [6.45, 7) is 2.39. The highest BCUT2D eigenvalue weighted by molar-refractivity contribution is 4.86. The van der Waals surface area contributed by atoms with Crippen molar-refractivity contribution in [3.05, 3.63) is 0 Å². The summed E-state index contributed by atoms with van der Waals surface area (Å²) in [5.74, 6) is 1.63. The molecule has 0 radical (unpaired) electrons. The Balaban J connectivity index is 1.77. The summed E-state index contributed by atoms with van der Waals surface area (Å²) in [6, 6.07) is 3.96. The Morgan fingerprint density at radius 1 is 0.944 bits per heavy atom. The third-order valence-corrected chi connectivity index (χ3v) is 5.33. The van der Waals surface area contributed by atoms with Crippen LogP contribution in [0.2, 0.25) is 0 Å². The molecule has 0 aromatic rings. The van der Waals surface area contributed by atoms with Gasteiger partial charge in [0.15, 0.2) is 0 Å². The van der Waals surface area contributed by atoms with E-state index in [4.69, 9.17) is 5.26 Å². The highest BCUT2D eigenvalue weighted by Crippen LogP contribution is 2.33. The molecule has 2 rings (SSSR count). The standard InChI is InChI=1S/C16H28N2/c1-13-3-7-15(8-4-13)18(2)16-9-5-14(6-10-16)11-12-17/h13-16H,3-11H2,1-2H3. The van der Waals surface area contributed by atoms with Crippen molar-refractivity contribution >= 4 is 0 Å². The predicted molar refractivity (Wildman–Crippen MR) is 75.2 cm³/mol. The molecule has 0 saturated heterocycles. The zero-order chi connectivity index (χ0) is 13.0. The van der Waals surface area contributed by atoms with Gasteiger partial charge in [-0.3, -0.25) is 0 Å². The Bertz CT molecular complexity index is 278. The monoisotopic (exact) mass is 248 g/mol. The lowest BCUT2D eigenvalue weighted by Gasteiger charge is -2.41. The lowest BCUT2D eigenvalue weighted by molar-refractivity contribution is 0.0893. The molecule has 0 bridgehead atoms. The number of hydrogen-bond acceptors (Lipinski definition) is 2. The van der Waals surface area contributed by atoms with Crippen LogP contribution in [0.3, 0.4) is 0 Å². The van der Waals surface area contributed by atoms with Crippen LogP contribution in [0.1, 0.15) is 64.7 Å². The average Bonchev–Trinajstić information content (AvgIpc) is 2.40. The van der Waals surface area contributed by atoms with E-state index >= 15 is 0 Å². The fraction of sp³-hybridized carbons (Fsp3) is 0.938. The van der Waals surface area contributed by atoms with E-state index in [9.17, 15) is 0 Å². The second-order valence-corrected chi connectivity index (χ2v) is 6.62. The van der Waals surface area contributed by atoms with Gasteiger partial charge in [0.2, 0.25) is 0 Å². The van der Waals surface area contributed by atoms with Crippen LogP contribution < -0.4 is 0 Å². The molecule has 2 aliphatic rings. The van der Waals surface area contributed by atoms with Crippen molar-refractivity contribution in [3.63, 3.8) is 0 Å². The molecule has 2 aliphatic carbocycles. The molecule has 102 valence electrons. The van der Waals surface area contributed by atoms with Gasteiger partial charge in [-0.05, 0) is 70.3 Å². The average molecular weight is 248 g/mol. The van der Waals surface area contributed by atoms with E-state index in [1.54, 1.807) is 0 Å². The molecule has 0 N–H and O–H groups in total. The minimum absolute atomic E-state index is 0.686. The van der Waals surface area contributed by atoms with Crippen molar-refractivity contribution in [2.75, 3.05) is 7.05 Å². The number of nitriles is 1. The SMILES string of the molecule is CC1CCC(N(C)C2CCC(CC#N)CC2)CC1. The summed E-state index contributed by atoms with van der Waals surface area (Å²) in [4.78, 5) is 2.68. The van der Waals surface area contributed by atoms with Crippen LogP contribution in [0.25, 0.3) is 0 Å². The Kier molecular flexibility index (Phi) is 5.06. The second kappa shape index (κ2) is 6.57. The van der Waals surface area contributed by atoms with Gasteiger partial charge in [0, 0.05) is 18.5 Å². The van der Waals surface area contributed by atoms with Gasteiger partial charge < -0.3 is 4.90 Å². The van der Waals surface area contributed by atoms with Crippen molar-refractivity contribution in [3.8, 4) is 6.07 Å². The zero-order valence-electron chi connectivity index (χ0n) is 12.1. The molecular weight excluding hydrogens is 220 g/mol. The van der Waals surface area contributed by atoms with E-state index in [2.05, 4.69) is 24.9 Å². The lowest BCUT2D eigenvalue weighted by Crippen LogP contribution is -2.43. The van der Waals surface area contributed by atoms with Crippen LogP contribution in [0.15, 0.2) is 0 Å². The van der Waals surface area contributed by atoms with Crippen molar-refractivity contribution in [1.82, 2.24) is 4.90 Å². The molecule has 0 atom stereocenters. The Morgan fingerprint density at radius 2 is 1.44 bits per heavy atom. The first kappa shape index (κ1) is 13.9. The maximum absolute atomic E-state index is 8.76. The van der Waals surface area contributed by atoms with Gasteiger partial charge >= 0.3 is 0 Å². The largest absolute Gasteiger partial charge is 0.300 e. The summed E-state index contributed by atoms with van der Waals surface area (Å²) in [6.07, 6.45) is 11.6. The Labute approximate surface area is 112 Å². The molecule has 0 spiro atoms. The Morgan fingerprint density at radius 3 is 1.94 bits per heavy atom. The van der Waals surface area contributed by atoms with E-state index in [0.717, 1.165) is 24.4 Å². The smallest absolute Gasteiger partial charge is 0.0624 e. The first-order chi connectivity index (χ1) is 8.70. The van der Waals surface area contributed by atoms with Crippen molar-refractivity contribution in [1.29, 1.82) is 5.26 Å². The van der Waals surface area contributed by atoms with E-state index in [0.29, 0.717) is 5.92 Å². The minimum atomic E-state index is 0.686. The van der Waals surface area contributed by atoms with Gasteiger partial charge in [0.05, 0.1) is 6.07 Å².